The number of ether oxygens (including phenoxy) is 2. The number of amides is 1. The normalized spacial score (nSPS) is 14.2. The van der Waals surface area contributed by atoms with Crippen molar-refractivity contribution in [1.82, 2.24) is 10.5 Å². The predicted molar refractivity (Wildman–Crippen MR) is 93.5 cm³/mol. The van der Waals surface area contributed by atoms with Gasteiger partial charge in [-0.25, -0.2) is 0 Å². The first-order valence-electron chi connectivity index (χ1n) is 8.26. The number of carbonyl (C=O) groups is 1. The van der Waals surface area contributed by atoms with Gasteiger partial charge in [0.05, 0.1) is 16.6 Å². The van der Waals surface area contributed by atoms with Crippen molar-refractivity contribution in [3.05, 3.63) is 39.7 Å². The first-order chi connectivity index (χ1) is 12.0. The van der Waals surface area contributed by atoms with Crippen LogP contribution < -0.4 is 14.8 Å². The summed E-state index contributed by atoms with van der Waals surface area (Å²) in [6.07, 6.45) is 0.649. The van der Waals surface area contributed by atoms with Crippen molar-refractivity contribution in [1.29, 1.82) is 0 Å². The SMILES string of the molecule is Cc1noc(C)c1C(C)C(=O)NCCc1cc(Cl)c2c(c1)OCCO2. The lowest BCUT2D eigenvalue weighted by molar-refractivity contribution is -0.122. The summed E-state index contributed by atoms with van der Waals surface area (Å²) in [7, 11) is 0. The molecule has 0 fully saturated rings. The highest BCUT2D eigenvalue weighted by molar-refractivity contribution is 6.32. The van der Waals surface area contributed by atoms with Crippen LogP contribution >= 0.6 is 11.6 Å². The van der Waals surface area contributed by atoms with Gasteiger partial charge in [0, 0.05) is 12.1 Å². The van der Waals surface area contributed by atoms with E-state index >= 15 is 0 Å². The molecule has 1 aromatic heterocycles. The number of benzene rings is 1. The van der Waals surface area contributed by atoms with Crippen molar-refractivity contribution in [2.24, 2.45) is 0 Å². The highest BCUT2D eigenvalue weighted by Crippen LogP contribution is 2.38. The standard InChI is InChI=1S/C18H21ClN2O4/c1-10(16-11(2)21-25-12(16)3)18(22)20-5-4-13-8-14(19)17-15(9-13)23-6-7-24-17/h8-10H,4-7H2,1-3H3,(H,20,22). The number of fused-ring (bicyclic) bond motifs is 1. The van der Waals surface area contributed by atoms with E-state index in [-0.39, 0.29) is 11.8 Å². The molecule has 1 aliphatic rings. The van der Waals surface area contributed by atoms with Crippen LogP contribution in [0.1, 0.15) is 35.4 Å². The Hall–Kier alpha value is -2.21. The van der Waals surface area contributed by atoms with E-state index in [0.717, 1.165) is 16.8 Å². The molecule has 1 atom stereocenters. The van der Waals surface area contributed by atoms with Gasteiger partial charge in [-0.1, -0.05) is 16.8 Å². The molecule has 3 rings (SSSR count). The predicted octanol–water partition coefficient (Wildman–Crippen LogP) is 3.18. The van der Waals surface area contributed by atoms with E-state index in [1.807, 2.05) is 32.9 Å². The van der Waals surface area contributed by atoms with Gasteiger partial charge in [-0.2, -0.15) is 0 Å². The molecule has 25 heavy (non-hydrogen) atoms. The van der Waals surface area contributed by atoms with Crippen LogP contribution in [0.25, 0.3) is 0 Å². The highest BCUT2D eigenvalue weighted by Gasteiger charge is 2.22. The number of rotatable bonds is 5. The van der Waals surface area contributed by atoms with E-state index in [0.29, 0.717) is 48.5 Å². The minimum atomic E-state index is -0.310. The molecule has 0 saturated carbocycles. The molecule has 0 bridgehead atoms. The minimum absolute atomic E-state index is 0.0574. The third kappa shape index (κ3) is 3.74. The number of carbonyl (C=O) groups excluding carboxylic acids is 1. The smallest absolute Gasteiger partial charge is 0.227 e. The fourth-order valence-corrected chi connectivity index (χ4v) is 3.32. The summed E-state index contributed by atoms with van der Waals surface area (Å²) in [5.74, 6) is 1.56. The summed E-state index contributed by atoms with van der Waals surface area (Å²) in [6, 6.07) is 3.75. The molecule has 0 saturated heterocycles. The van der Waals surface area contributed by atoms with Crippen molar-refractivity contribution < 1.29 is 18.8 Å². The summed E-state index contributed by atoms with van der Waals surface area (Å²) >= 11 is 6.23. The maximum atomic E-state index is 12.4. The second-order valence-electron chi connectivity index (χ2n) is 6.10. The monoisotopic (exact) mass is 364 g/mol. The van der Waals surface area contributed by atoms with Gasteiger partial charge in [0.1, 0.15) is 19.0 Å². The van der Waals surface area contributed by atoms with Gasteiger partial charge in [0.2, 0.25) is 5.91 Å². The Balaban J connectivity index is 1.59. The van der Waals surface area contributed by atoms with E-state index in [1.165, 1.54) is 0 Å². The van der Waals surface area contributed by atoms with Crippen LogP contribution in [0, 0.1) is 13.8 Å². The minimum Gasteiger partial charge on any atom is -0.486 e. The topological polar surface area (TPSA) is 73.6 Å². The summed E-state index contributed by atoms with van der Waals surface area (Å²) in [5, 5.41) is 7.38. The maximum Gasteiger partial charge on any atom is 0.227 e. The van der Waals surface area contributed by atoms with Crippen LogP contribution in [-0.2, 0) is 11.2 Å². The van der Waals surface area contributed by atoms with E-state index < -0.39 is 0 Å². The molecule has 2 heterocycles. The van der Waals surface area contributed by atoms with Crippen molar-refractivity contribution in [3.63, 3.8) is 0 Å². The zero-order valence-electron chi connectivity index (χ0n) is 14.5. The number of nitrogens with one attached hydrogen (secondary N) is 1. The molecule has 1 aromatic carbocycles. The van der Waals surface area contributed by atoms with Crippen molar-refractivity contribution in [2.75, 3.05) is 19.8 Å². The molecule has 1 amide bonds. The fourth-order valence-electron chi connectivity index (χ4n) is 3.03. The second kappa shape index (κ2) is 7.35. The lowest BCUT2D eigenvalue weighted by atomic mass is 9.98. The highest BCUT2D eigenvalue weighted by atomic mass is 35.5. The van der Waals surface area contributed by atoms with Gasteiger partial charge in [0.25, 0.3) is 0 Å². The van der Waals surface area contributed by atoms with Crippen molar-refractivity contribution in [2.45, 2.75) is 33.1 Å². The Morgan fingerprint density at radius 1 is 1.32 bits per heavy atom. The first-order valence-corrected chi connectivity index (χ1v) is 8.63. The Kier molecular flexibility index (Phi) is 5.18. The van der Waals surface area contributed by atoms with Gasteiger partial charge in [0.15, 0.2) is 11.5 Å². The Bertz CT molecular complexity index is 768. The molecule has 0 spiro atoms. The van der Waals surface area contributed by atoms with E-state index in [9.17, 15) is 4.79 Å². The Morgan fingerprint density at radius 3 is 2.80 bits per heavy atom. The van der Waals surface area contributed by atoms with Gasteiger partial charge in [-0.05, 0) is 44.9 Å². The number of halogens is 1. The quantitative estimate of drug-likeness (QED) is 0.882. The van der Waals surface area contributed by atoms with E-state index in [1.54, 1.807) is 0 Å². The van der Waals surface area contributed by atoms with Gasteiger partial charge >= 0.3 is 0 Å². The average molecular weight is 365 g/mol. The van der Waals surface area contributed by atoms with Crippen LogP contribution in [-0.4, -0.2) is 30.8 Å². The molecule has 1 N–H and O–H groups in total. The summed E-state index contributed by atoms with van der Waals surface area (Å²) < 4.78 is 16.2. The van der Waals surface area contributed by atoms with Crippen molar-refractivity contribution >= 4 is 17.5 Å². The molecule has 134 valence electrons. The molecular formula is C18H21ClN2O4. The molecular weight excluding hydrogens is 344 g/mol. The number of aryl methyl sites for hydroxylation is 2. The van der Waals surface area contributed by atoms with Crippen LogP contribution in [0.5, 0.6) is 11.5 Å². The zero-order valence-corrected chi connectivity index (χ0v) is 15.3. The lowest BCUT2D eigenvalue weighted by Gasteiger charge is -2.20. The van der Waals surface area contributed by atoms with Crippen LogP contribution in [0.4, 0.5) is 0 Å². The van der Waals surface area contributed by atoms with Crippen molar-refractivity contribution in [3.8, 4) is 11.5 Å². The molecule has 6 nitrogen and oxygen atoms in total. The summed E-state index contributed by atoms with van der Waals surface area (Å²) in [4.78, 5) is 12.4. The largest absolute Gasteiger partial charge is 0.486 e. The number of aromatic nitrogens is 1. The maximum absolute atomic E-state index is 12.4. The van der Waals surface area contributed by atoms with Crippen LogP contribution in [0.15, 0.2) is 16.7 Å². The van der Waals surface area contributed by atoms with E-state index in [4.69, 9.17) is 25.6 Å². The third-order valence-corrected chi connectivity index (χ3v) is 4.57. The number of nitrogens with zero attached hydrogens (tertiary/aromatic N) is 1. The Labute approximate surface area is 151 Å². The fraction of sp³-hybridized carbons (Fsp3) is 0.444. The lowest BCUT2D eigenvalue weighted by Crippen LogP contribution is -2.30. The summed E-state index contributed by atoms with van der Waals surface area (Å²) in [6.45, 7) is 7.02. The molecule has 0 aliphatic carbocycles. The Morgan fingerprint density at radius 2 is 2.08 bits per heavy atom. The number of hydrogen-bond acceptors (Lipinski definition) is 5. The molecule has 1 unspecified atom stereocenters. The van der Waals surface area contributed by atoms with Gasteiger partial charge in [-0.15, -0.1) is 0 Å². The average Bonchev–Trinajstić information content (AvgIpc) is 2.93. The third-order valence-electron chi connectivity index (χ3n) is 4.28. The zero-order chi connectivity index (χ0) is 18.0. The van der Waals surface area contributed by atoms with Gasteiger partial charge in [-0.3, -0.25) is 4.79 Å². The van der Waals surface area contributed by atoms with E-state index in [2.05, 4.69) is 10.5 Å². The molecule has 1 aliphatic heterocycles. The summed E-state index contributed by atoms with van der Waals surface area (Å²) in [5.41, 5.74) is 2.58. The van der Waals surface area contributed by atoms with Gasteiger partial charge < -0.3 is 19.3 Å². The van der Waals surface area contributed by atoms with Crippen LogP contribution in [0.3, 0.4) is 0 Å². The molecule has 0 radical (unpaired) electrons. The number of hydrogen-bond donors (Lipinski definition) is 1. The second-order valence-corrected chi connectivity index (χ2v) is 6.51. The molecule has 7 heteroatoms. The van der Waals surface area contributed by atoms with Crippen LogP contribution in [0.2, 0.25) is 5.02 Å². The molecule has 2 aromatic rings. The first kappa shape index (κ1) is 17.6.